The van der Waals surface area contributed by atoms with Crippen molar-refractivity contribution in [2.45, 2.75) is 411 Å². The second-order valence-electron chi connectivity index (χ2n) is 30.7. The zero-order valence-corrected chi connectivity index (χ0v) is 74.7. The Hall–Kier alpha value is -4.57. The Bertz CT molecular complexity index is 2670. The third-order valence-corrected chi connectivity index (χ3v) is 21.4. The van der Waals surface area contributed by atoms with Gasteiger partial charge in [-0.2, -0.15) is 0 Å². The molecule has 16 nitrogen and oxygen atoms in total. The van der Waals surface area contributed by atoms with E-state index in [1.165, 1.54) is 186 Å². The van der Waals surface area contributed by atoms with Gasteiger partial charge in [-0.05, 0) is 154 Å². The van der Waals surface area contributed by atoms with Crippen molar-refractivity contribution in [3.8, 4) is 0 Å². The van der Waals surface area contributed by atoms with Gasteiger partial charge in [-0.1, -0.05) is 366 Å². The van der Waals surface area contributed by atoms with Crippen LogP contribution in [0.2, 0.25) is 0 Å². The molecule has 0 aromatic heterocycles. The molecule has 0 amide bonds. The number of unbranched alkanes of at least 4 members (excludes halogenated alkanes) is 40. The summed E-state index contributed by atoms with van der Waals surface area (Å²) in [6, 6.07) is 0. The first-order valence-corrected chi connectivity index (χ1v) is 49.1. The highest BCUT2D eigenvalue weighted by molar-refractivity contribution is 7.47. The standard InChI is InChI=1S/C97H168O16P2/c1-4-7-10-13-16-19-22-25-28-31-34-37-39-41-43-44-45-46-48-50-51-54-56-59-62-65-68-71-74-77-80-83-95(100)107-86-92(98)87-109-114(103,104)110-88-93(99)89-111-115(105,106)112-91-94(113-97(102)85-82-79-76-73-70-67-64-61-58-53-36-33-30-27-24-21-18-15-12-9-6-3)90-108-96(101)84-81-78-75-72-69-66-63-60-57-55-52-49-47-42-40-38-35-32-29-26-23-20-17-14-11-8-5-2/h16-21,25-30,34-38,41-43,47,53,61,64,92-94,98-99H,4-15,22-24,31-33,39-40,44-46,48-52,54-60,62-63,65-91H2,1-3H3,(H,103,104)(H,105,106)/b19-16-,20-17-,21-18-,28-25-,29-26-,30-27-,37-34-,38-35-,43-41-,47-42-,53-36-,64-61-. The molecule has 662 valence electrons. The average Bonchev–Trinajstić information content (AvgIpc) is 0.902. The molecule has 0 heterocycles. The van der Waals surface area contributed by atoms with Crippen molar-refractivity contribution in [2.75, 3.05) is 39.6 Å². The van der Waals surface area contributed by atoms with Crippen LogP contribution in [-0.4, -0.2) is 95.9 Å². The van der Waals surface area contributed by atoms with Crippen LogP contribution in [0.1, 0.15) is 393 Å². The topological polar surface area (TPSA) is 231 Å². The lowest BCUT2D eigenvalue weighted by atomic mass is 10.0. The summed E-state index contributed by atoms with van der Waals surface area (Å²) in [5.41, 5.74) is 0. The van der Waals surface area contributed by atoms with Crippen LogP contribution in [-0.2, 0) is 55.8 Å². The molecule has 0 spiro atoms. The zero-order chi connectivity index (χ0) is 83.6. The minimum absolute atomic E-state index is 0.0801. The molecule has 0 radical (unpaired) electrons. The third kappa shape index (κ3) is 90.0. The number of hydrogen-bond acceptors (Lipinski definition) is 14. The van der Waals surface area contributed by atoms with E-state index in [0.29, 0.717) is 19.3 Å². The van der Waals surface area contributed by atoms with Crippen LogP contribution in [0.5, 0.6) is 0 Å². The lowest BCUT2D eigenvalue weighted by Crippen LogP contribution is -2.30. The quantitative estimate of drug-likeness (QED) is 0.0146. The van der Waals surface area contributed by atoms with Crippen LogP contribution < -0.4 is 0 Å². The van der Waals surface area contributed by atoms with Gasteiger partial charge in [0.15, 0.2) is 6.10 Å². The Morgan fingerprint density at radius 1 is 0.243 bits per heavy atom. The normalized spacial score (nSPS) is 14.5. The van der Waals surface area contributed by atoms with Crippen molar-refractivity contribution in [3.05, 3.63) is 146 Å². The first-order chi connectivity index (χ1) is 56.2. The number of aliphatic hydroxyl groups excluding tert-OH is 2. The van der Waals surface area contributed by atoms with Crippen LogP contribution in [0, 0.1) is 0 Å². The highest BCUT2D eigenvalue weighted by Gasteiger charge is 2.29. The van der Waals surface area contributed by atoms with Crippen molar-refractivity contribution < 1.29 is 75.8 Å². The number of ether oxygens (including phenoxy) is 3. The summed E-state index contributed by atoms with van der Waals surface area (Å²) in [7, 11) is -9.82. The molecule has 18 heteroatoms. The van der Waals surface area contributed by atoms with Crippen molar-refractivity contribution in [1.82, 2.24) is 0 Å². The molecule has 0 aliphatic rings. The number of phosphoric acid groups is 2. The maximum absolute atomic E-state index is 13.1. The Balaban J connectivity index is 4.60. The third-order valence-electron chi connectivity index (χ3n) is 19.5. The van der Waals surface area contributed by atoms with Gasteiger partial charge in [-0.15, -0.1) is 0 Å². The van der Waals surface area contributed by atoms with Gasteiger partial charge in [0.1, 0.15) is 25.4 Å². The Kier molecular flexibility index (Phi) is 85.2. The number of phosphoric ester groups is 2. The largest absolute Gasteiger partial charge is 0.472 e. The van der Waals surface area contributed by atoms with Crippen LogP contribution in [0.15, 0.2) is 146 Å². The molecular weight excluding hydrogens is 1480 g/mol. The van der Waals surface area contributed by atoms with E-state index in [1.807, 2.05) is 0 Å². The number of aliphatic hydroxyl groups is 2. The van der Waals surface area contributed by atoms with Crippen molar-refractivity contribution >= 4 is 33.6 Å². The minimum atomic E-state index is -4.95. The van der Waals surface area contributed by atoms with Crippen LogP contribution in [0.4, 0.5) is 0 Å². The van der Waals surface area contributed by atoms with Crippen LogP contribution in [0.25, 0.3) is 0 Å². The number of hydrogen-bond donors (Lipinski definition) is 4. The van der Waals surface area contributed by atoms with E-state index >= 15 is 0 Å². The molecule has 0 saturated heterocycles. The number of esters is 3. The molecule has 0 fully saturated rings. The van der Waals surface area contributed by atoms with Crippen LogP contribution >= 0.6 is 15.6 Å². The van der Waals surface area contributed by atoms with E-state index in [0.717, 1.165) is 148 Å². The predicted octanol–water partition coefficient (Wildman–Crippen LogP) is 28.3. The monoisotopic (exact) mass is 1650 g/mol. The fourth-order valence-corrected chi connectivity index (χ4v) is 14.1. The minimum Gasteiger partial charge on any atom is -0.463 e. The fraction of sp³-hybridized carbons (Fsp3) is 0.722. The van der Waals surface area contributed by atoms with Gasteiger partial charge in [-0.25, -0.2) is 9.13 Å². The zero-order valence-electron chi connectivity index (χ0n) is 72.9. The predicted molar refractivity (Wildman–Crippen MR) is 482 cm³/mol. The molecule has 0 aromatic rings. The summed E-state index contributed by atoms with van der Waals surface area (Å²) in [5.74, 6) is -1.59. The Labute approximate surface area is 702 Å². The Morgan fingerprint density at radius 2 is 0.435 bits per heavy atom. The van der Waals surface area contributed by atoms with Crippen LogP contribution in [0.3, 0.4) is 0 Å². The number of carbonyl (C=O) groups is 3. The summed E-state index contributed by atoms with van der Waals surface area (Å²) < 4.78 is 61.5. The summed E-state index contributed by atoms with van der Waals surface area (Å²) in [5, 5.41) is 20.7. The molecule has 4 N–H and O–H groups in total. The number of carbonyl (C=O) groups excluding carboxylic acids is 3. The highest BCUT2D eigenvalue weighted by atomic mass is 31.2. The van der Waals surface area contributed by atoms with Crippen molar-refractivity contribution in [1.29, 1.82) is 0 Å². The molecule has 0 saturated carbocycles. The van der Waals surface area contributed by atoms with E-state index in [-0.39, 0.29) is 19.3 Å². The molecule has 5 unspecified atom stereocenters. The lowest BCUT2D eigenvalue weighted by molar-refractivity contribution is -0.161. The lowest BCUT2D eigenvalue weighted by Gasteiger charge is -2.21. The summed E-state index contributed by atoms with van der Waals surface area (Å²) in [6.07, 6.45) is 112. The van der Waals surface area contributed by atoms with Gasteiger partial charge in [0.05, 0.1) is 26.4 Å². The SMILES string of the molecule is CCCCC/C=C\C/C=C\C/C=C\C/C=C\CCCCCCCCCCCCCCCCCC(=O)OCC(O)COP(=O)(O)OCC(O)COP(=O)(O)OCC(COC(=O)CCCCCCCCCCCCC/C=C\C/C=C\C/C=C\C/C=C\CCCCC)OC(=O)CCCCCCC/C=C\C/C=C\C/C=C\C/C=C\CCCCC. The second-order valence-corrected chi connectivity index (χ2v) is 33.7. The average molecular weight is 1650 g/mol. The number of rotatable bonds is 87. The van der Waals surface area contributed by atoms with Gasteiger partial charge in [-0.3, -0.25) is 32.5 Å². The fourth-order valence-electron chi connectivity index (χ4n) is 12.5. The smallest absolute Gasteiger partial charge is 0.463 e. The van der Waals surface area contributed by atoms with Crippen molar-refractivity contribution in [2.24, 2.45) is 0 Å². The van der Waals surface area contributed by atoms with Gasteiger partial charge >= 0.3 is 33.6 Å². The summed E-state index contributed by atoms with van der Waals surface area (Å²) in [4.78, 5) is 59.0. The van der Waals surface area contributed by atoms with E-state index in [1.54, 1.807) is 0 Å². The van der Waals surface area contributed by atoms with Gasteiger partial charge in [0, 0.05) is 19.3 Å². The molecule has 0 rings (SSSR count). The highest BCUT2D eigenvalue weighted by Crippen LogP contribution is 2.45. The first kappa shape index (κ1) is 110. The van der Waals surface area contributed by atoms with E-state index in [9.17, 15) is 43.5 Å². The summed E-state index contributed by atoms with van der Waals surface area (Å²) in [6.45, 7) is 2.62. The second kappa shape index (κ2) is 88.7. The molecule has 5 atom stereocenters. The molecule has 115 heavy (non-hydrogen) atoms. The van der Waals surface area contributed by atoms with E-state index in [4.69, 9.17) is 32.3 Å². The Morgan fingerprint density at radius 3 is 0.687 bits per heavy atom. The van der Waals surface area contributed by atoms with E-state index < -0.39 is 91.5 Å². The summed E-state index contributed by atoms with van der Waals surface area (Å²) >= 11 is 0. The molecular formula is C97H168O16P2. The maximum Gasteiger partial charge on any atom is 0.472 e. The first-order valence-electron chi connectivity index (χ1n) is 46.1. The maximum atomic E-state index is 13.1. The molecule has 0 aromatic carbocycles. The van der Waals surface area contributed by atoms with Crippen molar-refractivity contribution in [3.63, 3.8) is 0 Å². The molecule has 0 aliphatic heterocycles. The van der Waals surface area contributed by atoms with Gasteiger partial charge in [0.2, 0.25) is 0 Å². The van der Waals surface area contributed by atoms with E-state index in [2.05, 4.69) is 167 Å². The molecule has 0 bridgehead atoms. The van der Waals surface area contributed by atoms with Gasteiger partial charge in [0.25, 0.3) is 0 Å². The molecule has 0 aliphatic carbocycles. The number of allylic oxidation sites excluding steroid dienone is 24. The van der Waals surface area contributed by atoms with Gasteiger partial charge < -0.3 is 34.2 Å².